The maximum absolute atomic E-state index is 10.0. The third-order valence-electron chi connectivity index (χ3n) is 6.70. The molecular weight excluding hydrogens is 1070 g/mol. The number of carboxylic acid groups (broad SMARTS) is 2. The van der Waals surface area contributed by atoms with E-state index in [0.717, 1.165) is 32.1 Å². The average molecular weight is 1180 g/mol. The van der Waals surface area contributed by atoms with Gasteiger partial charge in [0, 0.05) is 12.8 Å². The third-order valence-corrected chi connectivity index (χ3v) is 6.70. The Morgan fingerprint density at radius 1 is 0.218 bits per heavy atom. The molecule has 0 saturated heterocycles. The molecule has 0 aromatic rings. The van der Waals surface area contributed by atoms with Crippen molar-refractivity contribution < 1.29 is 173 Å². The van der Waals surface area contributed by atoms with E-state index in [4.69, 9.17) is 163 Å². The lowest BCUT2D eigenvalue weighted by Crippen LogP contribution is -2.15. The lowest BCUT2D eigenvalue weighted by molar-refractivity contribution is -0.138. The van der Waals surface area contributed by atoms with E-state index in [1.807, 2.05) is 0 Å². The van der Waals surface area contributed by atoms with Gasteiger partial charge >= 0.3 is 11.9 Å². The molecule has 0 aliphatic rings. The van der Waals surface area contributed by atoms with Crippen LogP contribution in [0.15, 0.2) is 0 Å². The van der Waals surface area contributed by atoms with Gasteiger partial charge in [-0.15, -0.1) is 0 Å². The minimum absolute atomic E-state index is 0.327. The summed E-state index contributed by atoms with van der Waals surface area (Å²) in [4.78, 5) is 19.9. The molecule has 488 valence electrons. The van der Waals surface area contributed by atoms with E-state index < -0.39 is 73.0 Å². The number of unbranched alkanes of at least 4 members (excludes halogenated alkanes) is 6. The van der Waals surface area contributed by atoms with E-state index in [9.17, 15) is 9.59 Å². The lowest BCUT2D eigenvalue weighted by Gasteiger charge is -1.96. The third kappa shape index (κ3) is 158. The van der Waals surface area contributed by atoms with Crippen LogP contribution in [-0.4, -0.2) is 369 Å². The molecule has 0 aliphatic heterocycles. The SMILES string of the molecule is CCCCCC(=O)O.CCCCCCCC(=O)O.OCC(O)CO.OCC(O)CO.OCC(O)CO.OCC(O)CO.OCC(O)CO.OCC(O)CO.OCC(O)CO.OCC(O)CO.OCC(O)CO.OCC(O)CO. The fraction of sp³-hybridized carbons (Fsp3) is 0.955. The van der Waals surface area contributed by atoms with Gasteiger partial charge in [0.25, 0.3) is 0 Å². The van der Waals surface area contributed by atoms with Crippen molar-refractivity contribution in [1.82, 2.24) is 0 Å². The van der Waals surface area contributed by atoms with Gasteiger partial charge in [0.05, 0.1) is 132 Å². The Balaban J connectivity index is -0.0000000612. The average Bonchev–Trinajstić information content (AvgIpc) is 3.48. The fourth-order valence-corrected chi connectivity index (χ4v) is 1.98. The second-order valence-corrected chi connectivity index (χ2v) is 14.6. The van der Waals surface area contributed by atoms with Crippen molar-refractivity contribution in [3.8, 4) is 0 Å². The molecule has 0 bridgehead atoms. The Hall–Kier alpha value is -2.26. The molecule has 0 heterocycles. The number of aliphatic carboxylic acids is 2. The molecule has 32 N–H and O–H groups in total. The standard InChI is InChI=1S/C8H16O2.C6H12O2.10C3H8O3/c1-2-3-4-5-6-7-8(9)10;1-2-3-4-5-6(7)8;10*4-1-3(6)2-5/h2-7H2,1H3,(H,9,10);2-5H2,1H3,(H,7,8);10*3-6H,1-2H2. The summed E-state index contributed by atoms with van der Waals surface area (Å²) in [6.45, 7) is -3.08. The summed E-state index contributed by atoms with van der Waals surface area (Å²) in [6, 6.07) is 0. The van der Waals surface area contributed by atoms with E-state index in [-0.39, 0.29) is 132 Å². The van der Waals surface area contributed by atoms with Crippen LogP contribution in [0, 0.1) is 0 Å². The Morgan fingerprint density at radius 3 is 0.410 bits per heavy atom. The van der Waals surface area contributed by atoms with Crippen molar-refractivity contribution in [1.29, 1.82) is 0 Å². The van der Waals surface area contributed by atoms with Crippen LogP contribution in [-0.2, 0) is 9.59 Å². The van der Waals surface area contributed by atoms with E-state index >= 15 is 0 Å². The summed E-state index contributed by atoms with van der Waals surface area (Å²) >= 11 is 0. The number of hydrogen-bond donors (Lipinski definition) is 32. The van der Waals surface area contributed by atoms with Crippen molar-refractivity contribution >= 4 is 11.9 Å². The predicted octanol–water partition coefficient (Wildman–Crippen LogP) is -12.6. The molecule has 0 unspecified atom stereocenters. The first-order valence-electron chi connectivity index (χ1n) is 24.0. The first-order valence-corrected chi connectivity index (χ1v) is 24.0. The molecular formula is C44H108O34. The summed E-state index contributed by atoms with van der Waals surface area (Å²) in [5.74, 6) is -1.35. The minimum atomic E-state index is -0.954. The maximum atomic E-state index is 10.0. The zero-order valence-electron chi connectivity index (χ0n) is 45.1. The van der Waals surface area contributed by atoms with E-state index in [1.54, 1.807) is 0 Å². The zero-order valence-corrected chi connectivity index (χ0v) is 45.1. The largest absolute Gasteiger partial charge is 0.481 e. The molecule has 0 fully saturated rings. The molecule has 0 spiro atoms. The molecule has 0 atom stereocenters. The van der Waals surface area contributed by atoms with Crippen LogP contribution < -0.4 is 0 Å². The van der Waals surface area contributed by atoms with Crippen LogP contribution in [0.5, 0.6) is 0 Å². The Kier molecular flexibility index (Phi) is 134. The molecule has 0 aliphatic carbocycles. The molecule has 0 rings (SSSR count). The molecule has 0 aromatic carbocycles. The van der Waals surface area contributed by atoms with Gasteiger partial charge in [-0.2, -0.15) is 0 Å². The zero-order chi connectivity index (χ0) is 64.1. The van der Waals surface area contributed by atoms with Crippen LogP contribution in [0.1, 0.15) is 78.1 Å². The molecule has 0 radical (unpaired) electrons. The van der Waals surface area contributed by atoms with Gasteiger partial charge in [0.15, 0.2) is 0 Å². The second-order valence-electron chi connectivity index (χ2n) is 14.6. The van der Waals surface area contributed by atoms with Crippen LogP contribution in [0.4, 0.5) is 0 Å². The van der Waals surface area contributed by atoms with E-state index in [2.05, 4.69) is 13.8 Å². The summed E-state index contributed by atoms with van der Waals surface area (Å²) in [7, 11) is 0. The predicted molar refractivity (Wildman–Crippen MR) is 275 cm³/mol. The van der Waals surface area contributed by atoms with Gasteiger partial charge in [-0.1, -0.05) is 52.4 Å². The highest BCUT2D eigenvalue weighted by Crippen LogP contribution is 2.04. The number of rotatable bonds is 30. The Morgan fingerprint density at radius 2 is 0.321 bits per heavy atom. The Bertz CT molecular complexity index is 751. The molecule has 0 aromatic heterocycles. The highest BCUT2D eigenvalue weighted by Gasteiger charge is 1.99. The Labute approximate surface area is 455 Å². The van der Waals surface area contributed by atoms with Crippen molar-refractivity contribution in [3.63, 3.8) is 0 Å². The van der Waals surface area contributed by atoms with Crippen molar-refractivity contribution in [2.75, 3.05) is 132 Å². The number of aliphatic hydroxyl groups excluding tert-OH is 30. The molecule has 0 amide bonds. The van der Waals surface area contributed by atoms with Crippen molar-refractivity contribution in [2.24, 2.45) is 0 Å². The number of carbonyl (C=O) groups is 2. The number of carboxylic acids is 2. The summed E-state index contributed by atoms with van der Waals surface area (Å²) in [5, 5.41) is 257. The summed E-state index contributed by atoms with van der Waals surface area (Å²) in [6.07, 6.45) is -0.375. The van der Waals surface area contributed by atoms with E-state index in [1.165, 1.54) is 19.3 Å². The molecule has 78 heavy (non-hydrogen) atoms. The van der Waals surface area contributed by atoms with Gasteiger partial charge < -0.3 is 163 Å². The van der Waals surface area contributed by atoms with Crippen molar-refractivity contribution in [2.45, 2.75) is 139 Å². The van der Waals surface area contributed by atoms with Gasteiger partial charge in [0.1, 0.15) is 61.0 Å². The quantitative estimate of drug-likeness (QED) is 0.0297. The van der Waals surface area contributed by atoms with Gasteiger partial charge in [-0.05, 0) is 12.8 Å². The second kappa shape index (κ2) is 100. The molecule has 0 saturated carbocycles. The number of aliphatic hydroxyl groups is 30. The first kappa shape index (κ1) is 104. The minimum Gasteiger partial charge on any atom is -0.481 e. The van der Waals surface area contributed by atoms with Crippen LogP contribution in [0.25, 0.3) is 0 Å². The highest BCUT2D eigenvalue weighted by molar-refractivity contribution is 5.66. The first-order chi connectivity index (χ1) is 36.6. The topological polar surface area (TPSA) is 682 Å². The van der Waals surface area contributed by atoms with Gasteiger partial charge in [-0.25, -0.2) is 0 Å². The number of hydrogen-bond acceptors (Lipinski definition) is 32. The van der Waals surface area contributed by atoms with Gasteiger partial charge in [-0.3, -0.25) is 9.59 Å². The normalized spacial score (nSPS) is 9.87. The monoisotopic (exact) mass is 1180 g/mol. The maximum Gasteiger partial charge on any atom is 0.303 e. The van der Waals surface area contributed by atoms with Crippen LogP contribution >= 0.6 is 0 Å². The smallest absolute Gasteiger partial charge is 0.303 e. The van der Waals surface area contributed by atoms with Crippen LogP contribution in [0.2, 0.25) is 0 Å². The van der Waals surface area contributed by atoms with Crippen LogP contribution in [0.3, 0.4) is 0 Å². The summed E-state index contributed by atoms with van der Waals surface area (Å²) < 4.78 is 0. The summed E-state index contributed by atoms with van der Waals surface area (Å²) in [5.41, 5.74) is 0. The van der Waals surface area contributed by atoms with E-state index in [0.29, 0.717) is 12.8 Å². The molecule has 34 nitrogen and oxygen atoms in total. The molecule has 34 heteroatoms. The van der Waals surface area contributed by atoms with Crippen molar-refractivity contribution in [3.05, 3.63) is 0 Å². The highest BCUT2D eigenvalue weighted by atomic mass is 16.4. The van der Waals surface area contributed by atoms with Gasteiger partial charge in [0.2, 0.25) is 0 Å². The fourth-order valence-electron chi connectivity index (χ4n) is 1.98. The lowest BCUT2D eigenvalue weighted by atomic mass is 10.1.